The lowest BCUT2D eigenvalue weighted by Crippen LogP contribution is -2.32. The summed E-state index contributed by atoms with van der Waals surface area (Å²) in [5.41, 5.74) is 10.2. The van der Waals surface area contributed by atoms with Gasteiger partial charge in [0.25, 0.3) is 0 Å². The van der Waals surface area contributed by atoms with Crippen LogP contribution < -0.4 is 9.47 Å². The van der Waals surface area contributed by atoms with Crippen LogP contribution in [0.5, 0.6) is 23.0 Å². The number of fused-ring (bicyclic) bond motifs is 10. The van der Waals surface area contributed by atoms with Gasteiger partial charge in [0.05, 0.1) is 27.6 Å². The molecular formula is C46H48N2O4. The summed E-state index contributed by atoms with van der Waals surface area (Å²) in [5, 5.41) is 27.4. The number of aromatic amines is 2. The molecule has 0 radical (unpaired) electrons. The minimum absolute atomic E-state index is 0.0848. The first kappa shape index (κ1) is 33.8. The number of aromatic nitrogens is 2. The molecular weight excluding hydrogens is 645 g/mol. The first-order valence-electron chi connectivity index (χ1n) is 18.4. The molecule has 0 amide bonds. The lowest BCUT2D eigenvalue weighted by Gasteiger charge is -2.32. The van der Waals surface area contributed by atoms with Crippen molar-refractivity contribution in [2.24, 2.45) is 0 Å². The van der Waals surface area contributed by atoms with E-state index in [1.807, 2.05) is 19.1 Å². The maximum atomic E-state index is 11.7. The predicted octanol–water partition coefficient (Wildman–Crippen LogP) is 12.5. The van der Waals surface area contributed by atoms with Gasteiger partial charge in [0.1, 0.15) is 34.2 Å². The maximum absolute atomic E-state index is 11.7. The molecule has 4 N–H and O–H groups in total. The van der Waals surface area contributed by atoms with Gasteiger partial charge in [0.15, 0.2) is 0 Å². The number of ether oxygens (including phenoxy) is 2. The van der Waals surface area contributed by atoms with Crippen LogP contribution in [0.1, 0.15) is 89.5 Å². The number of nitrogens with one attached hydrogen (secondary N) is 2. The zero-order valence-corrected chi connectivity index (χ0v) is 31.5. The summed E-state index contributed by atoms with van der Waals surface area (Å²) in [6.45, 7) is 16.8. The number of benzene rings is 4. The monoisotopic (exact) mass is 692 g/mol. The van der Waals surface area contributed by atoms with Crippen molar-refractivity contribution >= 4 is 55.8 Å². The molecule has 4 aromatic carbocycles. The number of aryl methyl sites for hydroxylation is 2. The number of allylic oxidation sites excluding steroid dienone is 4. The van der Waals surface area contributed by atoms with Crippen LogP contribution in [0.2, 0.25) is 0 Å². The van der Waals surface area contributed by atoms with E-state index in [1.165, 1.54) is 11.1 Å². The van der Waals surface area contributed by atoms with Crippen LogP contribution in [-0.2, 0) is 0 Å². The van der Waals surface area contributed by atoms with Crippen LogP contribution in [0, 0.1) is 13.8 Å². The highest BCUT2D eigenvalue weighted by molar-refractivity contribution is 6.18. The second-order valence-electron chi connectivity index (χ2n) is 15.9. The highest BCUT2D eigenvalue weighted by Gasteiger charge is 2.31. The highest BCUT2D eigenvalue weighted by Crippen LogP contribution is 2.49. The summed E-state index contributed by atoms with van der Waals surface area (Å²) >= 11 is 0. The smallest absolute Gasteiger partial charge is 0.132 e. The van der Waals surface area contributed by atoms with E-state index in [1.54, 1.807) is 6.07 Å². The van der Waals surface area contributed by atoms with Gasteiger partial charge < -0.3 is 29.7 Å². The van der Waals surface area contributed by atoms with E-state index in [0.717, 1.165) is 103 Å². The van der Waals surface area contributed by atoms with E-state index in [9.17, 15) is 10.2 Å². The molecule has 0 spiro atoms. The predicted molar refractivity (Wildman–Crippen MR) is 217 cm³/mol. The van der Waals surface area contributed by atoms with Crippen LogP contribution in [0.4, 0.5) is 0 Å². The maximum Gasteiger partial charge on any atom is 0.132 e. The SMILES string of the molecule is CC(C)=CCCC1(C)C=Cc2c(ccc3c2[nH]c2c(-c4cc5c(cc4O)[nH]c4c6c(c(C)cc45)OC(C)(CCC=C(C)C)C=C6)c(O)c(C)cc23)O1. The molecule has 0 fully saturated rings. The highest BCUT2D eigenvalue weighted by atomic mass is 16.5. The van der Waals surface area contributed by atoms with Crippen LogP contribution in [0.15, 0.2) is 71.8 Å². The summed E-state index contributed by atoms with van der Waals surface area (Å²) in [4.78, 5) is 7.25. The van der Waals surface area contributed by atoms with Crippen LogP contribution in [0.25, 0.3) is 66.9 Å². The Morgan fingerprint density at radius 3 is 2.00 bits per heavy atom. The summed E-state index contributed by atoms with van der Waals surface area (Å²) in [5.74, 6) is 1.94. The van der Waals surface area contributed by atoms with Gasteiger partial charge in [-0.3, -0.25) is 0 Å². The summed E-state index contributed by atoms with van der Waals surface area (Å²) < 4.78 is 13.3. The molecule has 4 heterocycles. The minimum Gasteiger partial charge on any atom is -0.507 e. The van der Waals surface area contributed by atoms with Gasteiger partial charge in [-0.05, 0) is 147 Å². The molecule has 8 rings (SSSR count). The fourth-order valence-electron chi connectivity index (χ4n) is 8.10. The largest absolute Gasteiger partial charge is 0.507 e. The topological polar surface area (TPSA) is 90.5 Å². The molecule has 6 aromatic rings. The fraction of sp³-hybridized carbons (Fsp3) is 0.304. The third-order valence-corrected chi connectivity index (χ3v) is 11.0. The van der Waals surface area contributed by atoms with E-state index < -0.39 is 11.2 Å². The van der Waals surface area contributed by atoms with Crippen molar-refractivity contribution in [1.29, 1.82) is 0 Å². The van der Waals surface area contributed by atoms with Crippen molar-refractivity contribution in [3.05, 3.63) is 94.1 Å². The van der Waals surface area contributed by atoms with Gasteiger partial charge in [0, 0.05) is 44.3 Å². The van der Waals surface area contributed by atoms with Gasteiger partial charge in [0.2, 0.25) is 0 Å². The quantitative estimate of drug-likeness (QED) is 0.125. The van der Waals surface area contributed by atoms with Crippen molar-refractivity contribution < 1.29 is 19.7 Å². The molecule has 0 aliphatic carbocycles. The Morgan fingerprint density at radius 2 is 1.31 bits per heavy atom. The van der Waals surface area contributed by atoms with E-state index in [-0.39, 0.29) is 11.5 Å². The number of phenolic OH excluding ortho intramolecular Hbond substituents is 2. The van der Waals surface area contributed by atoms with Crippen molar-refractivity contribution in [3.63, 3.8) is 0 Å². The van der Waals surface area contributed by atoms with Crippen LogP contribution in [0.3, 0.4) is 0 Å². The molecule has 0 bridgehead atoms. The van der Waals surface area contributed by atoms with Crippen molar-refractivity contribution in [3.8, 4) is 34.1 Å². The number of rotatable bonds is 7. The zero-order chi connectivity index (χ0) is 36.7. The molecule has 2 aromatic heterocycles. The molecule has 0 saturated heterocycles. The average Bonchev–Trinajstić information content (AvgIpc) is 3.62. The second kappa shape index (κ2) is 12.1. The number of H-pyrrole nitrogens is 2. The molecule has 2 aliphatic rings. The van der Waals surface area contributed by atoms with Crippen molar-refractivity contribution in [2.45, 2.75) is 92.3 Å². The Labute approximate surface area is 305 Å². The Morgan fingerprint density at radius 1 is 0.692 bits per heavy atom. The Balaban J connectivity index is 1.25. The lowest BCUT2D eigenvalue weighted by atomic mass is 9.92. The third-order valence-electron chi connectivity index (χ3n) is 11.0. The van der Waals surface area contributed by atoms with E-state index in [2.05, 4.69) is 113 Å². The molecule has 2 unspecified atom stereocenters. The van der Waals surface area contributed by atoms with Crippen molar-refractivity contribution in [2.75, 3.05) is 0 Å². The van der Waals surface area contributed by atoms with E-state index >= 15 is 0 Å². The summed E-state index contributed by atoms with van der Waals surface area (Å²) in [6, 6.07) is 12.1. The first-order valence-corrected chi connectivity index (χ1v) is 18.4. The Kier molecular flexibility index (Phi) is 7.87. The average molecular weight is 693 g/mol. The number of hydrogen-bond donors (Lipinski definition) is 4. The standard InChI is InChI=1S/C46H48N2O4/c1-25(2)11-9-17-45(7)19-15-30-38(51-45)14-13-29-33-21-27(5)43(50)39(42(33)48-40(29)30)35-23-32-34-22-28(6)44-31(41(34)47-36(32)24-37(35)49)16-20-46(8,52-44)18-10-12-26(3)4/h11-16,19-24,47-50H,9-10,17-18H2,1-8H3. The summed E-state index contributed by atoms with van der Waals surface area (Å²) in [6.07, 6.45) is 16.8. The van der Waals surface area contributed by atoms with E-state index in [0.29, 0.717) is 11.1 Å². The van der Waals surface area contributed by atoms with Crippen LogP contribution in [-0.4, -0.2) is 31.4 Å². The molecule has 2 aliphatic heterocycles. The molecule has 2 atom stereocenters. The molecule has 6 heteroatoms. The molecule has 6 nitrogen and oxygen atoms in total. The van der Waals surface area contributed by atoms with Gasteiger partial charge in [-0.15, -0.1) is 0 Å². The lowest BCUT2D eigenvalue weighted by molar-refractivity contribution is 0.128. The minimum atomic E-state index is -0.399. The molecule has 266 valence electrons. The van der Waals surface area contributed by atoms with Crippen LogP contribution >= 0.6 is 0 Å². The fourth-order valence-corrected chi connectivity index (χ4v) is 8.10. The first-order chi connectivity index (χ1) is 24.7. The normalized spacial score (nSPS) is 19.2. The number of phenols is 2. The zero-order valence-electron chi connectivity index (χ0n) is 31.5. The van der Waals surface area contributed by atoms with Gasteiger partial charge in [-0.25, -0.2) is 0 Å². The van der Waals surface area contributed by atoms with Crippen molar-refractivity contribution in [1.82, 2.24) is 9.97 Å². The van der Waals surface area contributed by atoms with Gasteiger partial charge >= 0.3 is 0 Å². The molecule has 0 saturated carbocycles. The Hall–Kier alpha value is -5.36. The van der Waals surface area contributed by atoms with E-state index in [4.69, 9.17) is 9.47 Å². The Bertz CT molecular complexity index is 2580. The third kappa shape index (κ3) is 5.56. The van der Waals surface area contributed by atoms with Gasteiger partial charge in [-0.2, -0.15) is 0 Å². The second-order valence-corrected chi connectivity index (χ2v) is 15.9. The molecule has 52 heavy (non-hydrogen) atoms. The number of hydrogen-bond acceptors (Lipinski definition) is 4. The van der Waals surface area contributed by atoms with Gasteiger partial charge in [-0.1, -0.05) is 23.3 Å². The summed E-state index contributed by atoms with van der Waals surface area (Å²) in [7, 11) is 0. The number of aromatic hydroxyl groups is 2.